The number of aromatic nitrogens is 1. The van der Waals surface area contributed by atoms with Crippen LogP contribution < -0.4 is 9.54 Å². The first kappa shape index (κ1) is 21.9. The molecule has 30 heavy (non-hydrogen) atoms. The normalized spacial score (nSPS) is 11.8. The average molecular weight is 450 g/mol. The van der Waals surface area contributed by atoms with Crippen LogP contribution in [0, 0.1) is 10.1 Å². The molecule has 0 aliphatic carbocycles. The van der Waals surface area contributed by atoms with E-state index in [4.69, 9.17) is 21.1 Å². The number of nitro groups is 1. The summed E-state index contributed by atoms with van der Waals surface area (Å²) in [5.74, 6) is 0.0771. The molecule has 0 spiro atoms. The van der Waals surface area contributed by atoms with Crippen LogP contribution in [-0.2, 0) is 11.3 Å². The van der Waals surface area contributed by atoms with E-state index < -0.39 is 10.8 Å². The van der Waals surface area contributed by atoms with Crippen LogP contribution in [-0.4, -0.2) is 35.2 Å². The number of carbonyl (C=O) groups is 1. The molecule has 8 nitrogen and oxygen atoms in total. The van der Waals surface area contributed by atoms with Gasteiger partial charge in [-0.25, -0.2) is 0 Å². The molecule has 10 heteroatoms. The van der Waals surface area contributed by atoms with E-state index in [-0.39, 0.29) is 16.3 Å². The van der Waals surface area contributed by atoms with E-state index >= 15 is 0 Å². The Labute approximate surface area is 181 Å². The Morgan fingerprint density at radius 2 is 2.03 bits per heavy atom. The number of nitrogens with zero attached hydrogens (tertiary/aromatic N) is 3. The number of rotatable bonds is 8. The highest BCUT2D eigenvalue weighted by Gasteiger charge is 2.16. The van der Waals surface area contributed by atoms with Crippen molar-refractivity contribution in [1.29, 1.82) is 0 Å². The zero-order valence-corrected chi connectivity index (χ0v) is 18.0. The molecule has 3 aromatic rings. The lowest BCUT2D eigenvalue weighted by atomic mass is 10.2. The Hall–Kier alpha value is -2.75. The molecule has 0 aliphatic heterocycles. The van der Waals surface area contributed by atoms with Crippen LogP contribution in [0.25, 0.3) is 10.2 Å². The van der Waals surface area contributed by atoms with E-state index in [9.17, 15) is 14.9 Å². The maximum Gasteiger partial charge on any atom is 0.281 e. The van der Waals surface area contributed by atoms with Gasteiger partial charge in [0.15, 0.2) is 4.80 Å². The van der Waals surface area contributed by atoms with Crippen LogP contribution in [0.2, 0.25) is 5.02 Å². The number of carbonyl (C=O) groups excluding carboxylic acids is 1. The standard InChI is InChI=1S/C20H20ClN3O5S/c1-3-28-10-9-23-17-8-6-14(29-4-2)12-18(17)30-20(23)22-19(25)15-11-13(24(26)27)5-7-16(15)21/h5-8,11-12H,3-4,9-10H2,1-2H3. The lowest BCUT2D eigenvalue weighted by molar-refractivity contribution is -0.384. The highest BCUT2D eigenvalue weighted by molar-refractivity contribution is 7.16. The monoisotopic (exact) mass is 449 g/mol. The number of nitro benzene ring substituents is 1. The minimum Gasteiger partial charge on any atom is -0.494 e. The predicted octanol–water partition coefficient (Wildman–Crippen LogP) is 4.44. The second-order valence-electron chi connectivity index (χ2n) is 6.13. The summed E-state index contributed by atoms with van der Waals surface area (Å²) in [6.45, 7) is 5.88. The van der Waals surface area contributed by atoms with Gasteiger partial charge < -0.3 is 14.0 Å². The van der Waals surface area contributed by atoms with Gasteiger partial charge in [0.1, 0.15) is 5.75 Å². The molecule has 0 atom stereocenters. The van der Waals surface area contributed by atoms with Gasteiger partial charge in [-0.15, -0.1) is 0 Å². The SMILES string of the molecule is CCOCCn1c(=NC(=O)c2cc([N+](=O)[O-])ccc2Cl)sc2cc(OCC)ccc21. The van der Waals surface area contributed by atoms with Gasteiger partial charge in [-0.05, 0) is 38.1 Å². The largest absolute Gasteiger partial charge is 0.494 e. The van der Waals surface area contributed by atoms with Crippen LogP contribution in [0.4, 0.5) is 5.69 Å². The van der Waals surface area contributed by atoms with Crippen molar-refractivity contribution in [3.63, 3.8) is 0 Å². The third-order valence-corrected chi connectivity index (χ3v) is 5.59. The smallest absolute Gasteiger partial charge is 0.281 e. The number of hydrogen-bond acceptors (Lipinski definition) is 6. The zero-order valence-electron chi connectivity index (χ0n) is 16.5. The highest BCUT2D eigenvalue weighted by atomic mass is 35.5. The number of ether oxygens (including phenoxy) is 2. The van der Waals surface area contributed by atoms with Gasteiger partial charge >= 0.3 is 0 Å². The van der Waals surface area contributed by atoms with Crippen molar-refractivity contribution >= 4 is 44.7 Å². The molecule has 1 aromatic heterocycles. The Bertz CT molecular complexity index is 1160. The summed E-state index contributed by atoms with van der Waals surface area (Å²) in [4.78, 5) is 27.9. The third-order valence-electron chi connectivity index (χ3n) is 4.22. The number of halogens is 1. The fourth-order valence-electron chi connectivity index (χ4n) is 2.85. The van der Waals surface area contributed by atoms with E-state index in [0.29, 0.717) is 31.2 Å². The lowest BCUT2D eigenvalue weighted by Crippen LogP contribution is -2.19. The van der Waals surface area contributed by atoms with Crippen molar-refractivity contribution in [2.45, 2.75) is 20.4 Å². The molecule has 1 amide bonds. The first-order chi connectivity index (χ1) is 14.4. The maximum absolute atomic E-state index is 12.8. The number of fused-ring (bicyclic) bond motifs is 1. The molecule has 0 aliphatic rings. The van der Waals surface area contributed by atoms with E-state index in [1.54, 1.807) is 0 Å². The molecule has 0 N–H and O–H groups in total. The Morgan fingerprint density at radius 1 is 1.23 bits per heavy atom. The van der Waals surface area contributed by atoms with Gasteiger partial charge in [0.05, 0.1) is 38.9 Å². The number of hydrogen-bond donors (Lipinski definition) is 0. The molecule has 2 aromatic carbocycles. The summed E-state index contributed by atoms with van der Waals surface area (Å²) in [7, 11) is 0. The minimum absolute atomic E-state index is 0.0188. The molecule has 0 saturated carbocycles. The zero-order chi connectivity index (χ0) is 21.7. The molecule has 3 rings (SSSR count). The quantitative estimate of drug-likeness (QED) is 0.288. The topological polar surface area (TPSA) is 96.0 Å². The highest BCUT2D eigenvalue weighted by Crippen LogP contribution is 2.25. The van der Waals surface area contributed by atoms with E-state index in [1.165, 1.54) is 23.5 Å². The van der Waals surface area contributed by atoms with Crippen molar-refractivity contribution in [2.75, 3.05) is 19.8 Å². The van der Waals surface area contributed by atoms with Gasteiger partial charge in [0.2, 0.25) is 0 Å². The molecule has 1 heterocycles. The number of benzene rings is 2. The summed E-state index contributed by atoms with van der Waals surface area (Å²) in [5, 5.41) is 11.1. The first-order valence-corrected chi connectivity index (χ1v) is 10.5. The minimum atomic E-state index is -0.648. The predicted molar refractivity (Wildman–Crippen MR) is 115 cm³/mol. The first-order valence-electron chi connectivity index (χ1n) is 9.31. The van der Waals surface area contributed by atoms with Crippen molar-refractivity contribution in [3.05, 3.63) is 61.9 Å². The van der Waals surface area contributed by atoms with Crippen LogP contribution >= 0.6 is 22.9 Å². The van der Waals surface area contributed by atoms with Crippen molar-refractivity contribution in [1.82, 2.24) is 4.57 Å². The van der Waals surface area contributed by atoms with Crippen LogP contribution in [0.5, 0.6) is 5.75 Å². The fourth-order valence-corrected chi connectivity index (χ4v) is 4.13. The fraction of sp³-hybridized carbons (Fsp3) is 0.300. The molecule has 0 bridgehead atoms. The molecule has 0 radical (unpaired) electrons. The summed E-state index contributed by atoms with van der Waals surface area (Å²) in [6, 6.07) is 9.37. The molecule has 158 valence electrons. The van der Waals surface area contributed by atoms with E-state index in [1.807, 2.05) is 36.6 Å². The lowest BCUT2D eigenvalue weighted by Gasteiger charge is -2.06. The molecular weight excluding hydrogens is 430 g/mol. The van der Waals surface area contributed by atoms with Crippen LogP contribution in [0.1, 0.15) is 24.2 Å². The average Bonchev–Trinajstić information content (AvgIpc) is 3.05. The van der Waals surface area contributed by atoms with Gasteiger partial charge in [0.25, 0.3) is 11.6 Å². The number of non-ortho nitro benzene ring substituents is 1. The Kier molecular flexibility index (Phi) is 7.20. The van der Waals surface area contributed by atoms with E-state index in [0.717, 1.165) is 22.0 Å². The van der Waals surface area contributed by atoms with Crippen molar-refractivity contribution in [3.8, 4) is 5.75 Å². The number of thiazole rings is 1. The second-order valence-corrected chi connectivity index (χ2v) is 7.55. The van der Waals surface area contributed by atoms with Crippen molar-refractivity contribution in [2.24, 2.45) is 4.99 Å². The van der Waals surface area contributed by atoms with Crippen LogP contribution in [0.3, 0.4) is 0 Å². The van der Waals surface area contributed by atoms with Gasteiger partial charge in [-0.1, -0.05) is 22.9 Å². The second kappa shape index (κ2) is 9.84. The summed E-state index contributed by atoms with van der Waals surface area (Å²) in [6.07, 6.45) is 0. The Balaban J connectivity index is 2.09. The molecule has 0 unspecified atom stereocenters. The van der Waals surface area contributed by atoms with Gasteiger partial charge in [-0.3, -0.25) is 14.9 Å². The summed E-state index contributed by atoms with van der Waals surface area (Å²) in [5.41, 5.74) is 0.648. The van der Waals surface area contributed by atoms with Crippen LogP contribution in [0.15, 0.2) is 41.4 Å². The molecule has 0 saturated heterocycles. The molecular formula is C20H20ClN3O5S. The van der Waals surface area contributed by atoms with Crippen molar-refractivity contribution < 1.29 is 19.2 Å². The summed E-state index contributed by atoms with van der Waals surface area (Å²) >= 11 is 7.42. The van der Waals surface area contributed by atoms with Gasteiger partial charge in [-0.2, -0.15) is 4.99 Å². The number of amides is 1. The van der Waals surface area contributed by atoms with E-state index in [2.05, 4.69) is 4.99 Å². The summed E-state index contributed by atoms with van der Waals surface area (Å²) < 4.78 is 13.8. The molecule has 0 fully saturated rings. The Morgan fingerprint density at radius 3 is 2.73 bits per heavy atom. The maximum atomic E-state index is 12.8. The third kappa shape index (κ3) is 4.86. The van der Waals surface area contributed by atoms with Gasteiger partial charge in [0, 0.05) is 25.3 Å².